The molecule has 0 spiro atoms. The van der Waals surface area contributed by atoms with Crippen LogP contribution in [0.5, 0.6) is 0 Å². The summed E-state index contributed by atoms with van der Waals surface area (Å²) in [6.45, 7) is -1.23. The molecule has 0 radical (unpaired) electrons. The number of aliphatic hydroxyl groups excluding tert-OH is 4. The van der Waals surface area contributed by atoms with Crippen LogP contribution in [-0.2, 0) is 4.79 Å². The van der Waals surface area contributed by atoms with Gasteiger partial charge in [0.15, 0.2) is 0 Å². The van der Waals surface area contributed by atoms with Crippen molar-refractivity contribution in [3.8, 4) is 0 Å². The first-order valence-electron chi connectivity index (χ1n) is 3.48. The van der Waals surface area contributed by atoms with Crippen LogP contribution in [0.15, 0.2) is 0 Å². The van der Waals surface area contributed by atoms with Gasteiger partial charge in [-0.3, -0.25) is 4.79 Å². The van der Waals surface area contributed by atoms with Gasteiger partial charge < -0.3 is 31.3 Å². The standard InChI is InChI=1S/C3H7NO3.C3H8O3/c4-2(1-5)3(6)7;4-1-3(6)2-5/h2,5H,1,4H2,(H,6,7);3-6H,1-2H2. The second-order valence-electron chi connectivity index (χ2n) is 2.15. The lowest BCUT2D eigenvalue weighted by atomic mass is 10.3. The van der Waals surface area contributed by atoms with Gasteiger partial charge >= 0.3 is 5.97 Å². The SMILES string of the molecule is NC(CO)C(=O)O.OCC(O)CO. The quantitative estimate of drug-likeness (QED) is 0.277. The van der Waals surface area contributed by atoms with E-state index in [1.807, 2.05) is 0 Å². The van der Waals surface area contributed by atoms with Crippen molar-refractivity contribution in [2.24, 2.45) is 5.73 Å². The highest BCUT2D eigenvalue weighted by atomic mass is 16.4. The normalized spacial score (nSPS) is 11.8. The smallest absolute Gasteiger partial charge is 0.322 e. The Bertz CT molecular complexity index is 126. The lowest BCUT2D eigenvalue weighted by Crippen LogP contribution is -2.33. The number of carbonyl (C=O) groups is 1. The molecule has 0 saturated carbocycles. The first-order valence-corrected chi connectivity index (χ1v) is 3.48. The molecule has 7 N–H and O–H groups in total. The van der Waals surface area contributed by atoms with Crippen LogP contribution in [0.25, 0.3) is 0 Å². The largest absolute Gasteiger partial charge is 0.480 e. The minimum atomic E-state index is -1.18. The zero-order valence-corrected chi connectivity index (χ0v) is 7.00. The summed E-state index contributed by atoms with van der Waals surface area (Å²) < 4.78 is 0. The topological polar surface area (TPSA) is 144 Å². The maximum absolute atomic E-state index is 9.65. The molecule has 13 heavy (non-hydrogen) atoms. The second kappa shape index (κ2) is 9.36. The summed E-state index contributed by atoms with van der Waals surface area (Å²) in [7, 11) is 0. The Morgan fingerprint density at radius 2 is 1.54 bits per heavy atom. The molecule has 0 rings (SSSR count). The lowest BCUT2D eigenvalue weighted by molar-refractivity contribution is -0.139. The van der Waals surface area contributed by atoms with E-state index in [9.17, 15) is 4.79 Å². The molecule has 1 atom stereocenters. The van der Waals surface area contributed by atoms with Crippen molar-refractivity contribution in [1.82, 2.24) is 0 Å². The summed E-state index contributed by atoms with van der Waals surface area (Å²) in [6.07, 6.45) is -0.954. The van der Waals surface area contributed by atoms with Crippen LogP contribution in [-0.4, -0.2) is 63.5 Å². The van der Waals surface area contributed by atoms with Crippen LogP contribution < -0.4 is 5.73 Å². The van der Waals surface area contributed by atoms with Gasteiger partial charge in [0.05, 0.1) is 19.8 Å². The fourth-order valence-corrected chi connectivity index (χ4v) is 0.136. The van der Waals surface area contributed by atoms with E-state index in [1.165, 1.54) is 0 Å². The van der Waals surface area contributed by atoms with Gasteiger partial charge in [0.25, 0.3) is 0 Å². The maximum Gasteiger partial charge on any atom is 0.322 e. The van der Waals surface area contributed by atoms with E-state index < -0.39 is 24.7 Å². The molecule has 7 nitrogen and oxygen atoms in total. The molecule has 0 aromatic carbocycles. The monoisotopic (exact) mass is 197 g/mol. The van der Waals surface area contributed by atoms with Crippen LogP contribution in [0, 0.1) is 0 Å². The molecule has 0 amide bonds. The van der Waals surface area contributed by atoms with Crippen molar-refractivity contribution in [2.75, 3.05) is 19.8 Å². The molecule has 0 aliphatic rings. The number of rotatable bonds is 4. The minimum Gasteiger partial charge on any atom is -0.480 e. The summed E-state index contributed by atoms with van der Waals surface area (Å²) in [4.78, 5) is 9.65. The molecule has 0 aromatic heterocycles. The van der Waals surface area contributed by atoms with Gasteiger partial charge in [0, 0.05) is 0 Å². The number of aliphatic hydroxyl groups is 4. The zero-order chi connectivity index (χ0) is 10.9. The zero-order valence-electron chi connectivity index (χ0n) is 7.00. The predicted molar refractivity (Wildman–Crippen MR) is 42.9 cm³/mol. The van der Waals surface area contributed by atoms with E-state index in [2.05, 4.69) is 0 Å². The van der Waals surface area contributed by atoms with Gasteiger partial charge in [-0.1, -0.05) is 0 Å². The third-order valence-electron chi connectivity index (χ3n) is 0.935. The third kappa shape index (κ3) is 11.3. The van der Waals surface area contributed by atoms with Crippen molar-refractivity contribution >= 4 is 5.97 Å². The van der Waals surface area contributed by atoms with Gasteiger partial charge in [0.1, 0.15) is 12.1 Å². The highest BCUT2D eigenvalue weighted by Gasteiger charge is 2.06. The molecule has 0 saturated heterocycles. The molecular weight excluding hydrogens is 182 g/mol. The highest BCUT2D eigenvalue weighted by molar-refractivity contribution is 5.73. The lowest BCUT2D eigenvalue weighted by Gasteiger charge is -1.96. The van der Waals surface area contributed by atoms with Crippen molar-refractivity contribution in [2.45, 2.75) is 12.1 Å². The van der Waals surface area contributed by atoms with E-state index in [0.29, 0.717) is 0 Å². The fourth-order valence-electron chi connectivity index (χ4n) is 0.136. The number of hydrogen-bond acceptors (Lipinski definition) is 6. The molecular formula is C6H15NO6. The summed E-state index contributed by atoms with van der Waals surface area (Å²) in [6, 6.07) is -1.13. The molecule has 0 aromatic rings. The average Bonchev–Trinajstić information content (AvgIpc) is 2.16. The Balaban J connectivity index is 0. The van der Waals surface area contributed by atoms with Crippen LogP contribution >= 0.6 is 0 Å². The number of nitrogens with two attached hydrogens (primary N) is 1. The first kappa shape index (κ1) is 14.8. The van der Waals surface area contributed by atoms with Gasteiger partial charge in [-0.15, -0.1) is 0 Å². The average molecular weight is 197 g/mol. The minimum absolute atomic E-state index is 0.365. The van der Waals surface area contributed by atoms with Crippen molar-refractivity contribution < 1.29 is 30.3 Å². The van der Waals surface area contributed by atoms with Crippen LogP contribution in [0.2, 0.25) is 0 Å². The molecule has 80 valence electrons. The molecule has 0 fully saturated rings. The third-order valence-corrected chi connectivity index (χ3v) is 0.935. The van der Waals surface area contributed by atoms with E-state index in [4.69, 9.17) is 31.3 Å². The van der Waals surface area contributed by atoms with Crippen LogP contribution in [0.1, 0.15) is 0 Å². The molecule has 1 unspecified atom stereocenters. The van der Waals surface area contributed by atoms with E-state index in [-0.39, 0.29) is 13.2 Å². The predicted octanol–water partition coefficient (Wildman–Crippen LogP) is -3.28. The number of aliphatic carboxylic acids is 1. The molecule has 0 heterocycles. The van der Waals surface area contributed by atoms with E-state index in [1.54, 1.807) is 0 Å². The second-order valence-corrected chi connectivity index (χ2v) is 2.15. The number of carboxylic acid groups (broad SMARTS) is 1. The Morgan fingerprint density at radius 1 is 1.15 bits per heavy atom. The van der Waals surface area contributed by atoms with Crippen molar-refractivity contribution in [3.63, 3.8) is 0 Å². The molecule has 0 aliphatic carbocycles. The van der Waals surface area contributed by atoms with Gasteiger partial charge in [0.2, 0.25) is 0 Å². The molecule has 0 bridgehead atoms. The summed E-state index contributed by atoms with van der Waals surface area (Å²) in [5.74, 6) is -1.18. The Labute approximate surface area is 75.0 Å². The summed E-state index contributed by atoms with van der Waals surface area (Å²) in [5, 5.41) is 39.9. The van der Waals surface area contributed by atoms with Crippen LogP contribution in [0.3, 0.4) is 0 Å². The van der Waals surface area contributed by atoms with E-state index >= 15 is 0 Å². The maximum atomic E-state index is 9.65. The summed E-state index contributed by atoms with van der Waals surface area (Å²) in [5.41, 5.74) is 4.77. The highest BCUT2D eigenvalue weighted by Crippen LogP contribution is 1.72. The molecule has 0 aliphatic heterocycles. The summed E-state index contributed by atoms with van der Waals surface area (Å²) >= 11 is 0. The van der Waals surface area contributed by atoms with Crippen molar-refractivity contribution in [3.05, 3.63) is 0 Å². The van der Waals surface area contributed by atoms with Gasteiger partial charge in [-0.2, -0.15) is 0 Å². The first-order chi connectivity index (χ1) is 5.99. The van der Waals surface area contributed by atoms with Gasteiger partial charge in [-0.05, 0) is 0 Å². The van der Waals surface area contributed by atoms with E-state index in [0.717, 1.165) is 0 Å². The Morgan fingerprint density at radius 3 is 1.54 bits per heavy atom. The van der Waals surface area contributed by atoms with Gasteiger partial charge in [-0.25, -0.2) is 0 Å². The number of carboxylic acids is 1. The Kier molecular flexibility index (Phi) is 10.6. The Hall–Kier alpha value is -0.730. The fraction of sp³-hybridized carbons (Fsp3) is 0.833. The van der Waals surface area contributed by atoms with Crippen molar-refractivity contribution in [1.29, 1.82) is 0 Å². The number of hydrogen-bond donors (Lipinski definition) is 6. The van der Waals surface area contributed by atoms with Crippen LogP contribution in [0.4, 0.5) is 0 Å². The molecule has 7 heteroatoms.